The van der Waals surface area contributed by atoms with E-state index in [0.29, 0.717) is 28.5 Å². The molecule has 2 aromatic rings. The molecule has 0 saturated heterocycles. The Labute approximate surface area is 119 Å². The molecule has 0 aromatic heterocycles. The second-order valence-corrected chi connectivity index (χ2v) is 4.67. The van der Waals surface area contributed by atoms with E-state index in [0.717, 1.165) is 4.47 Å². The highest BCUT2D eigenvalue weighted by Crippen LogP contribution is 2.32. The van der Waals surface area contributed by atoms with Gasteiger partial charge in [0.15, 0.2) is 0 Å². The summed E-state index contributed by atoms with van der Waals surface area (Å²) in [5.74, 6) is 1.61. The maximum absolute atomic E-state index is 9.03. The number of anilines is 1. The number of nitrogen functional groups attached to an aromatic ring is 1. The van der Waals surface area contributed by atoms with Crippen LogP contribution in [0, 0.1) is 11.3 Å². The van der Waals surface area contributed by atoms with Crippen LogP contribution in [0.5, 0.6) is 17.2 Å². The Bertz CT molecular complexity index is 650. The number of benzene rings is 2. The van der Waals surface area contributed by atoms with Crippen molar-refractivity contribution < 1.29 is 9.47 Å². The van der Waals surface area contributed by atoms with E-state index in [4.69, 9.17) is 20.5 Å². The van der Waals surface area contributed by atoms with Gasteiger partial charge in [0.1, 0.15) is 23.3 Å². The highest BCUT2D eigenvalue weighted by molar-refractivity contribution is 9.10. The molecule has 19 heavy (non-hydrogen) atoms. The van der Waals surface area contributed by atoms with Gasteiger partial charge in [-0.1, -0.05) is 15.9 Å². The molecule has 2 rings (SSSR count). The van der Waals surface area contributed by atoms with E-state index < -0.39 is 0 Å². The molecule has 0 spiro atoms. The summed E-state index contributed by atoms with van der Waals surface area (Å²) in [6.07, 6.45) is 0. The molecular weight excluding hydrogens is 308 g/mol. The van der Waals surface area contributed by atoms with Gasteiger partial charge in [-0.2, -0.15) is 5.26 Å². The lowest BCUT2D eigenvalue weighted by molar-refractivity contribution is 0.415. The minimum absolute atomic E-state index is 0.456. The average Bonchev–Trinajstić information content (AvgIpc) is 2.39. The van der Waals surface area contributed by atoms with E-state index in [9.17, 15) is 0 Å². The third kappa shape index (κ3) is 2.98. The van der Waals surface area contributed by atoms with Crippen molar-refractivity contribution in [2.45, 2.75) is 0 Å². The monoisotopic (exact) mass is 318 g/mol. The molecular formula is C14H11BrN2O2. The van der Waals surface area contributed by atoms with Gasteiger partial charge in [-0.15, -0.1) is 0 Å². The zero-order valence-corrected chi connectivity index (χ0v) is 11.8. The molecule has 0 aliphatic rings. The van der Waals surface area contributed by atoms with Gasteiger partial charge in [-0.3, -0.25) is 0 Å². The number of hydrogen-bond acceptors (Lipinski definition) is 4. The predicted molar refractivity (Wildman–Crippen MR) is 76.3 cm³/mol. The smallest absolute Gasteiger partial charge is 0.146 e. The zero-order valence-electron chi connectivity index (χ0n) is 10.2. The molecule has 2 N–H and O–H groups in total. The molecule has 5 heteroatoms. The van der Waals surface area contributed by atoms with Crippen LogP contribution < -0.4 is 15.2 Å². The lowest BCUT2D eigenvalue weighted by Crippen LogP contribution is -1.94. The Morgan fingerprint density at radius 2 is 1.95 bits per heavy atom. The fourth-order valence-corrected chi connectivity index (χ4v) is 1.92. The molecule has 0 aliphatic heterocycles. The van der Waals surface area contributed by atoms with E-state index >= 15 is 0 Å². The number of rotatable bonds is 3. The van der Waals surface area contributed by atoms with Gasteiger partial charge >= 0.3 is 0 Å². The largest absolute Gasteiger partial charge is 0.495 e. The molecule has 0 saturated carbocycles. The summed E-state index contributed by atoms with van der Waals surface area (Å²) in [7, 11) is 1.55. The summed E-state index contributed by atoms with van der Waals surface area (Å²) in [5, 5.41) is 9.03. The second kappa shape index (κ2) is 5.63. The molecule has 0 radical (unpaired) electrons. The number of methoxy groups -OCH3 is 1. The first-order valence-electron chi connectivity index (χ1n) is 5.45. The third-order valence-electron chi connectivity index (χ3n) is 2.49. The van der Waals surface area contributed by atoms with Crippen molar-refractivity contribution in [1.29, 1.82) is 5.26 Å². The van der Waals surface area contributed by atoms with Crippen molar-refractivity contribution in [3.05, 3.63) is 46.4 Å². The molecule has 2 aromatic carbocycles. The molecule has 0 heterocycles. The topological polar surface area (TPSA) is 68.3 Å². The number of hydrogen-bond donors (Lipinski definition) is 1. The summed E-state index contributed by atoms with van der Waals surface area (Å²) in [6, 6.07) is 12.4. The van der Waals surface area contributed by atoms with E-state index in [2.05, 4.69) is 22.0 Å². The highest BCUT2D eigenvalue weighted by Gasteiger charge is 2.07. The van der Waals surface area contributed by atoms with Gasteiger partial charge in [0.2, 0.25) is 0 Å². The molecule has 0 bridgehead atoms. The fourth-order valence-electron chi connectivity index (χ4n) is 1.58. The maximum atomic E-state index is 9.03. The van der Waals surface area contributed by atoms with Gasteiger partial charge in [0.05, 0.1) is 18.4 Å². The predicted octanol–water partition coefficient (Wildman–Crippen LogP) is 3.70. The van der Waals surface area contributed by atoms with E-state index in [1.165, 1.54) is 0 Å². The van der Waals surface area contributed by atoms with Crippen molar-refractivity contribution in [3.8, 4) is 23.3 Å². The molecule has 0 unspecified atom stereocenters. The maximum Gasteiger partial charge on any atom is 0.146 e. The van der Waals surface area contributed by atoms with Crippen LogP contribution in [0.2, 0.25) is 0 Å². The summed E-state index contributed by atoms with van der Waals surface area (Å²) in [5.41, 5.74) is 6.74. The van der Waals surface area contributed by atoms with Crippen LogP contribution in [0.3, 0.4) is 0 Å². The average molecular weight is 319 g/mol. The second-order valence-electron chi connectivity index (χ2n) is 3.76. The van der Waals surface area contributed by atoms with Crippen LogP contribution in [0.1, 0.15) is 5.56 Å². The molecule has 0 fully saturated rings. The Morgan fingerprint density at radius 1 is 1.16 bits per heavy atom. The quantitative estimate of drug-likeness (QED) is 0.876. The SMILES string of the molecule is COc1ccc(Oc2cc(Br)ccc2C#N)cc1N. The molecule has 4 nitrogen and oxygen atoms in total. The van der Waals surface area contributed by atoms with Crippen LogP contribution in [0.4, 0.5) is 5.69 Å². The van der Waals surface area contributed by atoms with Crippen LogP contribution in [0.15, 0.2) is 40.9 Å². The number of nitrogens with zero attached hydrogens (tertiary/aromatic N) is 1. The Balaban J connectivity index is 2.34. The fraction of sp³-hybridized carbons (Fsp3) is 0.0714. The third-order valence-corrected chi connectivity index (χ3v) is 2.99. The molecule has 96 valence electrons. The molecule has 0 amide bonds. The van der Waals surface area contributed by atoms with Gasteiger partial charge in [0.25, 0.3) is 0 Å². The Morgan fingerprint density at radius 3 is 2.58 bits per heavy atom. The van der Waals surface area contributed by atoms with Gasteiger partial charge in [-0.25, -0.2) is 0 Å². The van der Waals surface area contributed by atoms with Crippen molar-refractivity contribution in [3.63, 3.8) is 0 Å². The lowest BCUT2D eigenvalue weighted by atomic mass is 10.2. The van der Waals surface area contributed by atoms with Crippen molar-refractivity contribution in [1.82, 2.24) is 0 Å². The van der Waals surface area contributed by atoms with Gasteiger partial charge in [0, 0.05) is 10.5 Å². The minimum atomic E-state index is 0.456. The lowest BCUT2D eigenvalue weighted by Gasteiger charge is -2.10. The van der Waals surface area contributed by atoms with Crippen LogP contribution >= 0.6 is 15.9 Å². The minimum Gasteiger partial charge on any atom is -0.495 e. The van der Waals surface area contributed by atoms with Crippen molar-refractivity contribution >= 4 is 21.6 Å². The Hall–Kier alpha value is -2.19. The highest BCUT2D eigenvalue weighted by atomic mass is 79.9. The van der Waals surface area contributed by atoms with Crippen LogP contribution in [0.25, 0.3) is 0 Å². The molecule has 0 atom stereocenters. The first-order chi connectivity index (χ1) is 9.13. The summed E-state index contributed by atoms with van der Waals surface area (Å²) < 4.78 is 11.6. The van der Waals surface area contributed by atoms with E-state index in [-0.39, 0.29) is 0 Å². The van der Waals surface area contributed by atoms with Gasteiger partial charge in [-0.05, 0) is 30.3 Å². The first-order valence-corrected chi connectivity index (χ1v) is 6.24. The standard InChI is InChI=1S/C14H11BrN2O2/c1-18-13-5-4-11(7-12(13)17)19-14-6-10(15)3-2-9(14)8-16/h2-7H,17H2,1H3. The Kier molecular flexibility index (Phi) is 3.93. The normalized spacial score (nSPS) is 9.74. The zero-order chi connectivity index (χ0) is 13.8. The summed E-state index contributed by atoms with van der Waals surface area (Å²) in [4.78, 5) is 0. The van der Waals surface area contributed by atoms with Crippen molar-refractivity contribution in [2.75, 3.05) is 12.8 Å². The summed E-state index contributed by atoms with van der Waals surface area (Å²) >= 11 is 3.34. The first kappa shape index (κ1) is 13.2. The van der Waals surface area contributed by atoms with E-state index in [1.807, 2.05) is 0 Å². The van der Waals surface area contributed by atoms with E-state index in [1.54, 1.807) is 43.5 Å². The van der Waals surface area contributed by atoms with Gasteiger partial charge < -0.3 is 15.2 Å². The van der Waals surface area contributed by atoms with Crippen LogP contribution in [-0.2, 0) is 0 Å². The number of nitrogens with two attached hydrogens (primary N) is 1. The molecule has 0 aliphatic carbocycles. The van der Waals surface area contributed by atoms with Crippen LogP contribution in [-0.4, -0.2) is 7.11 Å². The number of ether oxygens (including phenoxy) is 2. The number of nitriles is 1. The number of halogens is 1. The van der Waals surface area contributed by atoms with Crippen molar-refractivity contribution in [2.24, 2.45) is 0 Å². The summed E-state index contributed by atoms with van der Waals surface area (Å²) in [6.45, 7) is 0.